The van der Waals surface area contributed by atoms with Gasteiger partial charge in [0.1, 0.15) is 5.76 Å². The SMILES string of the molecule is COC(=O)c1cc(C(=O)OCC(=O)N(Cc2ccco2)C23CC4CC(CC(C4)C2)C3)cc([N+](=O)[O-])c1. The number of methoxy groups -OCH3 is 1. The van der Waals surface area contributed by atoms with E-state index in [1.165, 1.54) is 19.3 Å². The fourth-order valence-corrected chi connectivity index (χ4v) is 6.83. The van der Waals surface area contributed by atoms with Gasteiger partial charge in [-0.2, -0.15) is 0 Å². The Hall–Kier alpha value is -3.69. The van der Waals surface area contributed by atoms with Crippen LogP contribution in [0.25, 0.3) is 0 Å². The molecule has 0 N–H and O–H groups in total. The summed E-state index contributed by atoms with van der Waals surface area (Å²) in [6.45, 7) is -0.226. The van der Waals surface area contributed by atoms with Gasteiger partial charge in [0.05, 0.1) is 36.0 Å². The van der Waals surface area contributed by atoms with E-state index in [1.807, 2.05) is 11.0 Å². The fourth-order valence-electron chi connectivity index (χ4n) is 6.83. The largest absolute Gasteiger partial charge is 0.467 e. The molecule has 1 heterocycles. The lowest BCUT2D eigenvalue weighted by molar-refractivity contribution is -0.384. The number of carbonyl (C=O) groups excluding carboxylic acids is 3. The fraction of sp³-hybridized carbons (Fsp3) is 0.500. The molecule has 36 heavy (non-hydrogen) atoms. The number of amides is 1. The first-order valence-electron chi connectivity index (χ1n) is 12.1. The molecular formula is C26H28N2O8. The van der Waals surface area contributed by atoms with Crippen LogP contribution in [0.4, 0.5) is 5.69 Å². The Labute approximate surface area is 207 Å². The summed E-state index contributed by atoms with van der Waals surface area (Å²) in [5, 5.41) is 11.3. The number of furan rings is 1. The van der Waals surface area contributed by atoms with Crippen LogP contribution in [-0.2, 0) is 20.8 Å². The Morgan fingerprint density at radius 3 is 2.19 bits per heavy atom. The van der Waals surface area contributed by atoms with Crippen molar-refractivity contribution in [3.8, 4) is 0 Å². The van der Waals surface area contributed by atoms with E-state index < -0.39 is 29.2 Å². The highest BCUT2D eigenvalue weighted by atomic mass is 16.6. The average Bonchev–Trinajstić information content (AvgIpc) is 3.37. The predicted molar refractivity (Wildman–Crippen MR) is 125 cm³/mol. The van der Waals surface area contributed by atoms with Crippen molar-refractivity contribution in [2.45, 2.75) is 50.6 Å². The number of carbonyl (C=O) groups is 3. The molecule has 6 rings (SSSR count). The van der Waals surface area contributed by atoms with E-state index in [4.69, 9.17) is 9.15 Å². The van der Waals surface area contributed by atoms with Crippen molar-refractivity contribution in [2.24, 2.45) is 17.8 Å². The Balaban J connectivity index is 1.35. The highest BCUT2D eigenvalue weighted by Crippen LogP contribution is 2.58. The number of hydrogen-bond donors (Lipinski definition) is 0. The molecule has 4 bridgehead atoms. The van der Waals surface area contributed by atoms with Crippen LogP contribution in [0.2, 0.25) is 0 Å². The molecule has 0 aliphatic heterocycles. The number of esters is 2. The summed E-state index contributed by atoms with van der Waals surface area (Å²) in [4.78, 5) is 50.6. The van der Waals surface area contributed by atoms with E-state index in [0.29, 0.717) is 30.1 Å². The molecule has 0 atom stereocenters. The van der Waals surface area contributed by atoms with Crippen molar-refractivity contribution in [2.75, 3.05) is 13.7 Å². The van der Waals surface area contributed by atoms with Gasteiger partial charge >= 0.3 is 11.9 Å². The molecule has 0 unspecified atom stereocenters. The highest BCUT2D eigenvalue weighted by Gasteiger charge is 2.54. The zero-order valence-electron chi connectivity index (χ0n) is 20.0. The number of nitrogens with zero attached hydrogens (tertiary/aromatic N) is 2. The molecular weight excluding hydrogens is 468 g/mol. The minimum absolute atomic E-state index is 0.155. The molecule has 0 saturated heterocycles. The van der Waals surface area contributed by atoms with E-state index in [2.05, 4.69) is 4.74 Å². The molecule has 0 spiro atoms. The number of non-ortho nitro benzene ring substituents is 1. The van der Waals surface area contributed by atoms with Gasteiger partial charge in [-0.1, -0.05) is 0 Å². The van der Waals surface area contributed by atoms with Gasteiger partial charge in [-0.3, -0.25) is 14.9 Å². The summed E-state index contributed by atoms with van der Waals surface area (Å²) in [7, 11) is 1.13. The van der Waals surface area contributed by atoms with Crippen LogP contribution in [0.5, 0.6) is 0 Å². The number of nitro groups is 1. The average molecular weight is 497 g/mol. The van der Waals surface area contributed by atoms with Gasteiger partial charge in [-0.15, -0.1) is 0 Å². The number of hydrogen-bond acceptors (Lipinski definition) is 8. The first-order chi connectivity index (χ1) is 17.3. The summed E-state index contributed by atoms with van der Waals surface area (Å²) in [6, 6.07) is 6.79. The topological polar surface area (TPSA) is 129 Å². The van der Waals surface area contributed by atoms with Crippen LogP contribution in [0, 0.1) is 27.9 Å². The minimum Gasteiger partial charge on any atom is -0.467 e. The molecule has 4 aliphatic carbocycles. The van der Waals surface area contributed by atoms with E-state index >= 15 is 0 Å². The lowest BCUT2D eigenvalue weighted by atomic mass is 9.52. The first-order valence-corrected chi connectivity index (χ1v) is 12.1. The van der Waals surface area contributed by atoms with Crippen molar-refractivity contribution in [3.63, 3.8) is 0 Å². The molecule has 1 aromatic heterocycles. The lowest BCUT2D eigenvalue weighted by Crippen LogP contribution is -2.61. The second kappa shape index (κ2) is 9.40. The van der Waals surface area contributed by atoms with Crippen LogP contribution in [-0.4, -0.2) is 46.9 Å². The smallest absolute Gasteiger partial charge is 0.338 e. The standard InChI is InChI=1S/C26H28N2O8/c1-34-24(30)19-8-20(10-21(9-19)28(32)33)25(31)36-15-23(29)27(14-22-3-2-4-35-22)26-11-16-5-17(12-26)7-18(6-16)13-26/h2-4,8-10,16-18H,5-7,11-15H2,1H3. The predicted octanol–water partition coefficient (Wildman–Crippen LogP) is 4.13. The van der Waals surface area contributed by atoms with Gasteiger partial charge < -0.3 is 18.8 Å². The van der Waals surface area contributed by atoms with Gasteiger partial charge in [-0.25, -0.2) is 9.59 Å². The summed E-state index contributed by atoms with van der Waals surface area (Å²) >= 11 is 0. The zero-order valence-corrected chi connectivity index (χ0v) is 20.0. The van der Waals surface area contributed by atoms with Crippen molar-refractivity contribution in [1.82, 2.24) is 4.90 Å². The van der Waals surface area contributed by atoms with Crippen molar-refractivity contribution < 1.29 is 33.2 Å². The van der Waals surface area contributed by atoms with Crippen LogP contribution >= 0.6 is 0 Å². The van der Waals surface area contributed by atoms with E-state index in [0.717, 1.165) is 44.6 Å². The molecule has 4 saturated carbocycles. The third kappa shape index (κ3) is 4.59. The molecule has 4 aliphatic rings. The minimum atomic E-state index is -0.930. The van der Waals surface area contributed by atoms with E-state index in [-0.39, 0.29) is 22.6 Å². The number of rotatable bonds is 8. The summed E-state index contributed by atoms with van der Waals surface area (Å²) in [5.74, 6) is 0.384. The van der Waals surface area contributed by atoms with E-state index in [1.54, 1.807) is 12.3 Å². The van der Waals surface area contributed by atoms with Crippen LogP contribution in [0.3, 0.4) is 0 Å². The maximum atomic E-state index is 13.5. The second-order valence-electron chi connectivity index (χ2n) is 10.3. The number of benzene rings is 1. The second-order valence-corrected chi connectivity index (χ2v) is 10.3. The zero-order chi connectivity index (χ0) is 25.4. The third-order valence-corrected chi connectivity index (χ3v) is 7.89. The lowest BCUT2D eigenvalue weighted by Gasteiger charge is -2.60. The molecule has 10 heteroatoms. The maximum Gasteiger partial charge on any atom is 0.338 e. The van der Waals surface area contributed by atoms with Crippen LogP contribution in [0.1, 0.15) is 65.0 Å². The quantitative estimate of drug-likeness (QED) is 0.303. The molecule has 1 amide bonds. The van der Waals surface area contributed by atoms with Crippen molar-refractivity contribution in [1.29, 1.82) is 0 Å². The molecule has 190 valence electrons. The van der Waals surface area contributed by atoms with Gasteiger partial charge in [0, 0.05) is 17.7 Å². The van der Waals surface area contributed by atoms with Crippen molar-refractivity contribution in [3.05, 3.63) is 63.6 Å². The maximum absolute atomic E-state index is 13.5. The molecule has 4 fully saturated rings. The van der Waals surface area contributed by atoms with E-state index in [9.17, 15) is 24.5 Å². The Kier molecular flexibility index (Phi) is 6.27. The first kappa shape index (κ1) is 24.0. The molecule has 2 aromatic rings. The summed E-state index contributed by atoms with van der Waals surface area (Å²) < 4.78 is 15.5. The third-order valence-electron chi connectivity index (χ3n) is 7.89. The van der Waals surface area contributed by atoms with Crippen molar-refractivity contribution >= 4 is 23.5 Å². The monoisotopic (exact) mass is 496 g/mol. The van der Waals surface area contributed by atoms with Gasteiger partial charge in [0.25, 0.3) is 11.6 Å². The Morgan fingerprint density at radius 1 is 1.06 bits per heavy atom. The Bertz CT molecular complexity index is 1150. The summed E-state index contributed by atoms with van der Waals surface area (Å²) in [6.07, 6.45) is 8.02. The van der Waals surface area contributed by atoms with Crippen LogP contribution in [0.15, 0.2) is 41.0 Å². The number of nitro benzene ring substituents is 1. The molecule has 1 aromatic carbocycles. The number of ether oxygens (including phenoxy) is 2. The molecule has 10 nitrogen and oxygen atoms in total. The normalized spacial score (nSPS) is 25.9. The summed E-state index contributed by atoms with van der Waals surface area (Å²) in [5.41, 5.74) is -1.10. The highest BCUT2D eigenvalue weighted by molar-refractivity contribution is 5.97. The van der Waals surface area contributed by atoms with Gasteiger partial charge in [-0.05, 0) is 74.5 Å². The van der Waals surface area contributed by atoms with Crippen LogP contribution < -0.4 is 0 Å². The molecule has 0 radical (unpaired) electrons. The van der Waals surface area contributed by atoms with Gasteiger partial charge in [0.2, 0.25) is 0 Å². The Morgan fingerprint density at radius 2 is 1.67 bits per heavy atom. The van der Waals surface area contributed by atoms with Gasteiger partial charge in [0.15, 0.2) is 6.61 Å².